The van der Waals surface area contributed by atoms with Crippen molar-refractivity contribution in [1.29, 1.82) is 0 Å². The lowest BCUT2D eigenvalue weighted by Crippen LogP contribution is -2.37. The number of hydrogen-bond acceptors (Lipinski definition) is 4. The van der Waals surface area contributed by atoms with E-state index in [2.05, 4.69) is 5.32 Å². The Morgan fingerprint density at radius 3 is 1.97 bits per heavy atom. The number of rotatable bonds is 12. The molecule has 0 aromatic heterocycles. The minimum Gasteiger partial charge on any atom is -0.380 e. The van der Waals surface area contributed by atoms with Gasteiger partial charge in [0.1, 0.15) is 17.2 Å². The molecule has 36 heavy (non-hydrogen) atoms. The molecule has 0 aliphatic carbocycles. The molecule has 0 saturated carbocycles. The van der Waals surface area contributed by atoms with Gasteiger partial charge in [-0.05, 0) is 79.1 Å². The van der Waals surface area contributed by atoms with Crippen LogP contribution in [0, 0.1) is 17.6 Å². The number of benzene rings is 3. The Kier molecular flexibility index (Phi) is 9.67. The number of carbonyl (C=O) groups is 2. The maximum atomic E-state index is 14.2. The smallest absolute Gasteiger partial charge is 0.251 e. The van der Waals surface area contributed by atoms with Crippen LogP contribution in [0.4, 0.5) is 8.78 Å². The summed E-state index contributed by atoms with van der Waals surface area (Å²) in [7, 11) is 0. The highest BCUT2D eigenvalue weighted by molar-refractivity contribution is 5.94. The van der Waals surface area contributed by atoms with Gasteiger partial charge >= 0.3 is 0 Å². The van der Waals surface area contributed by atoms with Gasteiger partial charge in [0.15, 0.2) is 0 Å². The van der Waals surface area contributed by atoms with Gasteiger partial charge in [-0.3, -0.25) is 14.8 Å². The number of nitrogens with one attached hydrogen (secondary N) is 2. The molecular formula is C28H30F2N2O4. The zero-order valence-electron chi connectivity index (χ0n) is 19.8. The highest BCUT2D eigenvalue weighted by Gasteiger charge is 2.40. The van der Waals surface area contributed by atoms with E-state index in [1.807, 2.05) is 6.07 Å². The zero-order chi connectivity index (χ0) is 26.0. The fourth-order valence-electron chi connectivity index (χ4n) is 4.46. The molecule has 0 fully saturated rings. The van der Waals surface area contributed by atoms with E-state index >= 15 is 0 Å². The van der Waals surface area contributed by atoms with Crippen LogP contribution in [0.2, 0.25) is 0 Å². The minimum atomic E-state index is -1.76. The van der Waals surface area contributed by atoms with E-state index in [1.54, 1.807) is 41.9 Å². The normalized spacial score (nSPS) is 12.1. The van der Waals surface area contributed by atoms with E-state index in [0.717, 1.165) is 0 Å². The van der Waals surface area contributed by atoms with Crippen LogP contribution in [-0.4, -0.2) is 28.7 Å². The Balaban J connectivity index is 1.85. The molecule has 3 aromatic carbocycles. The lowest BCUT2D eigenvalue weighted by molar-refractivity contribution is -0.129. The van der Waals surface area contributed by atoms with E-state index in [0.29, 0.717) is 37.8 Å². The molecule has 0 heterocycles. The predicted molar refractivity (Wildman–Crippen MR) is 131 cm³/mol. The maximum absolute atomic E-state index is 14.2. The monoisotopic (exact) mass is 496 g/mol. The summed E-state index contributed by atoms with van der Waals surface area (Å²) in [6, 6.07) is 19.8. The van der Waals surface area contributed by atoms with Gasteiger partial charge in [-0.2, -0.15) is 0 Å². The van der Waals surface area contributed by atoms with Crippen molar-refractivity contribution in [2.45, 2.75) is 37.7 Å². The first-order valence-electron chi connectivity index (χ1n) is 11.8. The molecular weight excluding hydrogens is 466 g/mol. The second-order valence-corrected chi connectivity index (χ2v) is 8.68. The van der Waals surface area contributed by atoms with Crippen molar-refractivity contribution in [2.75, 3.05) is 6.54 Å². The van der Waals surface area contributed by atoms with Crippen LogP contribution in [0.1, 0.15) is 53.6 Å². The molecule has 0 bridgehead atoms. The first kappa shape index (κ1) is 27.0. The summed E-state index contributed by atoms with van der Waals surface area (Å²) in [6.45, 7) is 0.323. The molecule has 4 N–H and O–H groups in total. The number of halogens is 2. The SMILES string of the molecule is O=C(CCCC(CCCNC(=O)c1ccccc1)C(O)(c1cccc(F)c1)c1cccc(F)c1)NO. The van der Waals surface area contributed by atoms with Gasteiger partial charge in [-0.25, -0.2) is 14.3 Å². The van der Waals surface area contributed by atoms with Gasteiger partial charge in [0.2, 0.25) is 5.91 Å². The van der Waals surface area contributed by atoms with Crippen LogP contribution in [0.3, 0.4) is 0 Å². The van der Waals surface area contributed by atoms with Crippen LogP contribution in [-0.2, 0) is 10.4 Å². The molecule has 6 nitrogen and oxygen atoms in total. The highest BCUT2D eigenvalue weighted by Crippen LogP contribution is 2.42. The number of amides is 2. The molecule has 0 saturated heterocycles. The summed E-state index contributed by atoms with van der Waals surface area (Å²) < 4.78 is 28.4. The van der Waals surface area contributed by atoms with Crippen molar-refractivity contribution in [1.82, 2.24) is 10.8 Å². The van der Waals surface area contributed by atoms with Crippen molar-refractivity contribution in [2.24, 2.45) is 5.92 Å². The van der Waals surface area contributed by atoms with Crippen LogP contribution in [0.15, 0.2) is 78.9 Å². The molecule has 1 unspecified atom stereocenters. The van der Waals surface area contributed by atoms with E-state index in [4.69, 9.17) is 5.21 Å². The minimum absolute atomic E-state index is 0.0140. The molecule has 3 rings (SSSR count). The Morgan fingerprint density at radius 1 is 0.833 bits per heavy atom. The molecule has 0 radical (unpaired) electrons. The second-order valence-electron chi connectivity index (χ2n) is 8.68. The third-order valence-corrected chi connectivity index (χ3v) is 6.25. The highest BCUT2D eigenvalue weighted by atomic mass is 19.1. The van der Waals surface area contributed by atoms with E-state index in [9.17, 15) is 23.5 Å². The average Bonchev–Trinajstić information content (AvgIpc) is 2.89. The topological polar surface area (TPSA) is 98.7 Å². The lowest BCUT2D eigenvalue weighted by atomic mass is 9.72. The standard InChI is InChI=1S/C28H30F2N2O4/c29-24-14-4-11-22(18-24)28(35,23-12-5-15-25(30)19-23)21(10-6-16-26(33)32-36)13-7-17-31-27(34)20-8-2-1-3-9-20/h1-5,8-9,11-12,14-15,18-19,21,35-36H,6-7,10,13,16-17H2,(H,31,34)(H,32,33). The predicted octanol–water partition coefficient (Wildman–Crippen LogP) is 4.70. The Labute approximate surface area is 208 Å². The van der Waals surface area contributed by atoms with Gasteiger partial charge in [0, 0.05) is 18.5 Å². The third kappa shape index (κ3) is 6.96. The molecule has 0 aliphatic rings. The Bertz CT molecular complexity index is 1110. The summed E-state index contributed by atoms with van der Waals surface area (Å²) in [6.07, 6.45) is 1.52. The van der Waals surface area contributed by atoms with Crippen molar-refractivity contribution < 1.29 is 28.7 Å². The summed E-state index contributed by atoms with van der Waals surface area (Å²) in [5.41, 5.74) is 0.879. The number of hydrogen-bond donors (Lipinski definition) is 4. The van der Waals surface area contributed by atoms with Gasteiger partial charge in [0.05, 0.1) is 0 Å². The average molecular weight is 497 g/mol. The van der Waals surface area contributed by atoms with Crippen molar-refractivity contribution in [3.05, 3.63) is 107 Å². The Hall–Kier alpha value is -3.62. The van der Waals surface area contributed by atoms with Crippen LogP contribution in [0.25, 0.3) is 0 Å². The third-order valence-electron chi connectivity index (χ3n) is 6.25. The molecule has 0 spiro atoms. The van der Waals surface area contributed by atoms with Gasteiger partial charge in [0.25, 0.3) is 5.91 Å². The van der Waals surface area contributed by atoms with Crippen molar-refractivity contribution in [3.8, 4) is 0 Å². The first-order chi connectivity index (χ1) is 17.3. The van der Waals surface area contributed by atoms with Gasteiger partial charge in [-0.15, -0.1) is 0 Å². The maximum Gasteiger partial charge on any atom is 0.251 e. The quantitative estimate of drug-likeness (QED) is 0.166. The van der Waals surface area contributed by atoms with Crippen LogP contribution < -0.4 is 10.8 Å². The molecule has 1 atom stereocenters. The number of aliphatic hydroxyl groups is 1. The largest absolute Gasteiger partial charge is 0.380 e. The van der Waals surface area contributed by atoms with Gasteiger partial charge < -0.3 is 10.4 Å². The molecule has 190 valence electrons. The fourth-order valence-corrected chi connectivity index (χ4v) is 4.46. The molecule has 2 amide bonds. The summed E-state index contributed by atoms with van der Waals surface area (Å²) in [5.74, 6) is -2.44. The molecule has 0 aliphatic heterocycles. The van der Waals surface area contributed by atoms with Crippen LogP contribution in [0.5, 0.6) is 0 Å². The molecule has 8 heteroatoms. The van der Waals surface area contributed by atoms with Crippen LogP contribution >= 0.6 is 0 Å². The fraction of sp³-hybridized carbons (Fsp3) is 0.286. The van der Waals surface area contributed by atoms with E-state index < -0.39 is 29.1 Å². The Morgan fingerprint density at radius 2 is 1.42 bits per heavy atom. The first-order valence-corrected chi connectivity index (χ1v) is 11.8. The van der Waals surface area contributed by atoms with Crippen molar-refractivity contribution >= 4 is 11.8 Å². The molecule has 3 aromatic rings. The number of carbonyl (C=O) groups excluding carboxylic acids is 2. The van der Waals surface area contributed by atoms with Crippen molar-refractivity contribution in [3.63, 3.8) is 0 Å². The van der Waals surface area contributed by atoms with E-state index in [1.165, 1.54) is 36.4 Å². The zero-order valence-corrected chi connectivity index (χ0v) is 19.8. The summed E-state index contributed by atoms with van der Waals surface area (Å²) >= 11 is 0. The lowest BCUT2D eigenvalue weighted by Gasteiger charge is -2.38. The number of hydroxylamine groups is 1. The summed E-state index contributed by atoms with van der Waals surface area (Å²) in [5, 5.41) is 23.8. The summed E-state index contributed by atoms with van der Waals surface area (Å²) in [4.78, 5) is 23.9. The second kappa shape index (κ2) is 12.9. The van der Waals surface area contributed by atoms with E-state index in [-0.39, 0.29) is 23.5 Å². The van der Waals surface area contributed by atoms with Gasteiger partial charge in [-0.1, -0.05) is 42.5 Å².